The van der Waals surface area contributed by atoms with E-state index >= 15 is 0 Å². The van der Waals surface area contributed by atoms with E-state index in [1.165, 1.54) is 7.11 Å². The van der Waals surface area contributed by atoms with Crippen LogP contribution < -0.4 is 9.92 Å². The molecule has 0 aromatic heterocycles. The van der Waals surface area contributed by atoms with Gasteiger partial charge in [0, 0.05) is 20.8 Å². The lowest BCUT2D eigenvalue weighted by Crippen LogP contribution is -2.59. The van der Waals surface area contributed by atoms with Crippen LogP contribution in [0.3, 0.4) is 0 Å². The fraction of sp³-hybridized carbons (Fsp3) is 0.235. The number of carbonyl (C=O) groups excluding carboxylic acids is 3. The molecule has 0 atom stereocenters. The predicted molar refractivity (Wildman–Crippen MR) is 91.2 cm³/mol. The molecule has 132 valence electrons. The van der Waals surface area contributed by atoms with E-state index in [1.807, 2.05) is 12.1 Å². The van der Waals surface area contributed by atoms with E-state index in [-0.39, 0.29) is 10.9 Å². The van der Waals surface area contributed by atoms with Crippen LogP contribution >= 0.6 is 0 Å². The largest absolute Gasteiger partial charge is 0.747 e. The maximum atomic E-state index is 11.7. The average molecular weight is 362 g/mol. The second kappa shape index (κ2) is 7.35. The van der Waals surface area contributed by atoms with Gasteiger partial charge in [-0.05, 0) is 16.8 Å². The molecule has 0 radical (unpaired) electrons. The van der Waals surface area contributed by atoms with Gasteiger partial charge in [-0.3, -0.25) is 14.4 Å². The van der Waals surface area contributed by atoms with Crippen LogP contribution in [0.2, 0.25) is 0 Å². The van der Waals surface area contributed by atoms with Gasteiger partial charge in [0.2, 0.25) is 0 Å². The van der Waals surface area contributed by atoms with Crippen molar-refractivity contribution in [2.45, 2.75) is 20.8 Å². The molecule has 0 aliphatic heterocycles. The Morgan fingerprint density at radius 1 is 0.800 bits per heavy atom. The molecule has 0 heterocycles. The zero-order valence-electron chi connectivity index (χ0n) is 14.3. The quantitative estimate of drug-likeness (QED) is 0.748. The van der Waals surface area contributed by atoms with Crippen molar-refractivity contribution in [1.82, 2.24) is 0 Å². The highest BCUT2D eigenvalue weighted by Gasteiger charge is 2.57. The second-order valence-electron chi connectivity index (χ2n) is 5.20. The summed E-state index contributed by atoms with van der Waals surface area (Å²) in [5.74, 6) is -1.95. The third kappa shape index (κ3) is 3.97. The van der Waals surface area contributed by atoms with Crippen molar-refractivity contribution in [3.8, 4) is 5.75 Å². The Bertz CT molecular complexity index is 790. The van der Waals surface area contributed by atoms with Crippen molar-refractivity contribution in [1.29, 1.82) is 0 Å². The van der Waals surface area contributed by atoms with E-state index in [0.29, 0.717) is 5.39 Å². The summed E-state index contributed by atoms with van der Waals surface area (Å²) in [6.45, 7) is 3.44. The van der Waals surface area contributed by atoms with E-state index in [9.17, 15) is 14.4 Å². The van der Waals surface area contributed by atoms with Crippen LogP contribution in [-0.2, 0) is 27.7 Å². The van der Waals surface area contributed by atoms with Crippen molar-refractivity contribution in [2.75, 3.05) is 7.11 Å². The molecule has 2 rings (SSSR count). The first-order valence-corrected chi connectivity index (χ1v) is 9.16. The van der Waals surface area contributed by atoms with Gasteiger partial charge in [-0.1, -0.05) is 30.3 Å². The molecule has 0 unspecified atom stereocenters. The van der Waals surface area contributed by atoms with Gasteiger partial charge in [-0.2, -0.15) is 0 Å². The number of hydrogen-bond donors (Lipinski definition) is 0. The van der Waals surface area contributed by atoms with E-state index in [4.69, 9.17) is 18.0 Å². The molecule has 7 nitrogen and oxygen atoms in total. The summed E-state index contributed by atoms with van der Waals surface area (Å²) in [6, 6.07) is 10.6. The molecule has 0 N–H and O–H groups in total. The third-order valence-electron chi connectivity index (χ3n) is 3.25. The van der Waals surface area contributed by atoms with Gasteiger partial charge in [-0.15, -0.1) is 0 Å². The molecule has 0 aliphatic rings. The zero-order valence-corrected chi connectivity index (χ0v) is 15.3. The monoisotopic (exact) mass is 362 g/mol. The lowest BCUT2D eigenvalue weighted by atomic mass is 10.1. The Hall–Kier alpha value is -2.87. The summed E-state index contributed by atoms with van der Waals surface area (Å²) < 4.78 is 21.4. The molecule has 2 aromatic rings. The highest BCUT2D eigenvalue weighted by atomic mass is 28.4. The maximum absolute atomic E-state index is 11.7. The summed E-state index contributed by atoms with van der Waals surface area (Å²) in [5, 5.41) is 1.62. The fourth-order valence-corrected chi connectivity index (χ4v) is 5.13. The minimum atomic E-state index is -4.26. The molecular weight excluding hydrogens is 344 g/mol. The lowest BCUT2D eigenvalue weighted by Gasteiger charge is -2.28. The first-order valence-electron chi connectivity index (χ1n) is 7.44. The SMILES string of the molecule is COc1ccc2ccccc2c1[Si](OC(C)=O)(OC(C)=O)OC(C)=O. The van der Waals surface area contributed by atoms with Gasteiger partial charge < -0.3 is 18.0 Å². The van der Waals surface area contributed by atoms with E-state index in [1.54, 1.807) is 24.3 Å². The molecule has 2 aromatic carbocycles. The number of benzene rings is 2. The number of ether oxygens (including phenoxy) is 1. The second-order valence-corrected chi connectivity index (χ2v) is 7.43. The Kier molecular flexibility index (Phi) is 5.43. The zero-order chi connectivity index (χ0) is 18.6. The molecule has 0 spiro atoms. The van der Waals surface area contributed by atoms with Crippen LogP contribution in [0.5, 0.6) is 5.75 Å². The normalized spacial score (nSPS) is 10.9. The highest BCUT2D eigenvalue weighted by Crippen LogP contribution is 2.25. The molecule has 8 heteroatoms. The molecule has 25 heavy (non-hydrogen) atoms. The number of carbonyl (C=O) groups is 3. The minimum Gasteiger partial charge on any atom is -0.496 e. The van der Waals surface area contributed by atoms with Crippen LogP contribution in [-0.4, -0.2) is 33.8 Å². The summed E-state index contributed by atoms with van der Waals surface area (Å²) >= 11 is 0. The van der Waals surface area contributed by atoms with Crippen LogP contribution in [0.15, 0.2) is 36.4 Å². The molecule has 0 fully saturated rings. The fourth-order valence-electron chi connectivity index (χ4n) is 2.52. The van der Waals surface area contributed by atoms with Crippen LogP contribution in [0, 0.1) is 0 Å². The van der Waals surface area contributed by atoms with Crippen molar-refractivity contribution in [3.63, 3.8) is 0 Å². The van der Waals surface area contributed by atoms with Crippen LogP contribution in [0.4, 0.5) is 0 Å². The Morgan fingerprint density at radius 2 is 1.32 bits per heavy atom. The van der Waals surface area contributed by atoms with E-state index < -0.39 is 26.7 Å². The predicted octanol–water partition coefficient (Wildman–Crippen LogP) is 1.68. The van der Waals surface area contributed by atoms with Gasteiger partial charge in [0.25, 0.3) is 17.9 Å². The van der Waals surface area contributed by atoms with E-state index in [2.05, 4.69) is 0 Å². The number of rotatable bonds is 5. The number of fused-ring (bicyclic) bond motifs is 1. The first kappa shape index (κ1) is 18.5. The third-order valence-corrected chi connectivity index (χ3v) is 6.05. The summed E-state index contributed by atoms with van der Waals surface area (Å²) in [5.41, 5.74) is 0. The lowest BCUT2D eigenvalue weighted by molar-refractivity contribution is -0.146. The molecule has 0 amide bonds. The Morgan fingerprint density at radius 3 is 1.80 bits per heavy atom. The van der Waals surface area contributed by atoms with Gasteiger partial charge >= 0.3 is 8.80 Å². The molecule has 0 aliphatic carbocycles. The Labute approximate surface area is 145 Å². The average Bonchev–Trinajstić information content (AvgIpc) is 2.51. The summed E-state index contributed by atoms with van der Waals surface area (Å²) in [7, 11) is -2.85. The highest BCUT2D eigenvalue weighted by molar-refractivity contribution is 6.81. The van der Waals surface area contributed by atoms with Gasteiger partial charge in [0.1, 0.15) is 10.9 Å². The number of methoxy groups -OCH3 is 1. The van der Waals surface area contributed by atoms with Gasteiger partial charge in [-0.25, -0.2) is 0 Å². The minimum absolute atomic E-state index is 0.244. The van der Waals surface area contributed by atoms with Crippen LogP contribution in [0.1, 0.15) is 20.8 Å². The Balaban J connectivity index is 2.87. The van der Waals surface area contributed by atoms with Crippen LogP contribution in [0.25, 0.3) is 10.8 Å². The molecule has 0 bridgehead atoms. The smallest absolute Gasteiger partial charge is 0.496 e. The van der Waals surface area contributed by atoms with Crippen molar-refractivity contribution in [3.05, 3.63) is 36.4 Å². The van der Waals surface area contributed by atoms with E-state index in [0.717, 1.165) is 26.2 Å². The van der Waals surface area contributed by atoms with Gasteiger partial charge in [0.15, 0.2) is 0 Å². The van der Waals surface area contributed by atoms with Crippen molar-refractivity contribution < 1.29 is 32.4 Å². The van der Waals surface area contributed by atoms with Gasteiger partial charge in [0.05, 0.1) is 7.11 Å². The standard InChI is InChI=1S/C17H18O7Si/c1-11(18)22-25(23-12(2)19,24-13(3)20)17-15-8-6-5-7-14(15)9-10-16(17)21-4/h5-10H,1-4H3. The molecule has 0 saturated carbocycles. The molecular formula is C17H18O7Si. The van der Waals surface area contributed by atoms with Crippen molar-refractivity contribution in [2.24, 2.45) is 0 Å². The van der Waals surface area contributed by atoms with Crippen molar-refractivity contribution >= 4 is 42.7 Å². The number of hydrogen-bond acceptors (Lipinski definition) is 7. The summed E-state index contributed by atoms with van der Waals surface area (Å²) in [4.78, 5) is 35.2. The topological polar surface area (TPSA) is 88.1 Å². The maximum Gasteiger partial charge on any atom is 0.747 e. The summed E-state index contributed by atoms with van der Waals surface area (Å²) in [6.07, 6.45) is 0. The first-order chi connectivity index (χ1) is 11.8. The molecule has 0 saturated heterocycles.